The largest absolute Gasteiger partial charge is 0.390 e. The Morgan fingerprint density at radius 1 is 1.05 bits per heavy atom. The third-order valence-electron chi connectivity index (χ3n) is 7.61. The molecule has 3 aromatic heterocycles. The Kier molecular flexibility index (Phi) is 8.03. The van der Waals surface area contributed by atoms with Gasteiger partial charge in [0.25, 0.3) is 0 Å². The molecule has 5 rings (SSSR count). The summed E-state index contributed by atoms with van der Waals surface area (Å²) in [5.41, 5.74) is 2.94. The lowest BCUT2D eigenvalue weighted by Crippen LogP contribution is -2.40. The van der Waals surface area contributed by atoms with E-state index in [-0.39, 0.29) is 6.10 Å². The molecule has 1 fully saturated rings. The van der Waals surface area contributed by atoms with Crippen LogP contribution in [0.5, 0.6) is 0 Å². The Labute approximate surface area is 237 Å². The highest BCUT2D eigenvalue weighted by atomic mass is 32.1. The van der Waals surface area contributed by atoms with Crippen molar-refractivity contribution in [3.63, 3.8) is 0 Å². The smallest absolute Gasteiger partial charge is 0.225 e. The maximum absolute atomic E-state index is 10.9. The summed E-state index contributed by atoms with van der Waals surface area (Å²) in [5, 5.41) is 39.6. The standard InChI is InChI=1S/C29H36N6O4S/c1-15-22(27-34-23-16(2)30-12-11-21(23)40-27)26(33-19-13-18(29(3,4)38)24(36)25(19)37)35-28(32-15)31-14-20(39-5)17-9-7-6-8-10-17/h6-12,18-20,24-25,36-38H,13-14H2,1-5H3,(H2,31,32,33,35)/t18-,19+,20-,24+,25-/m0/s1. The van der Waals surface area contributed by atoms with E-state index < -0.39 is 29.8 Å². The number of nitrogens with one attached hydrogen (secondary N) is 2. The van der Waals surface area contributed by atoms with Crippen LogP contribution in [-0.2, 0) is 4.74 Å². The quantitative estimate of drug-likeness (QED) is 0.203. The van der Waals surface area contributed by atoms with E-state index in [1.807, 2.05) is 50.2 Å². The monoisotopic (exact) mass is 564 g/mol. The van der Waals surface area contributed by atoms with Crippen LogP contribution in [-0.4, -0.2) is 72.8 Å². The predicted octanol–water partition coefficient (Wildman–Crippen LogP) is 3.86. The minimum Gasteiger partial charge on any atom is -0.390 e. The first-order valence-corrected chi connectivity index (χ1v) is 14.2. The summed E-state index contributed by atoms with van der Waals surface area (Å²) < 4.78 is 6.70. The molecule has 0 bridgehead atoms. The van der Waals surface area contributed by atoms with Crippen molar-refractivity contribution in [2.75, 3.05) is 24.3 Å². The van der Waals surface area contributed by atoms with Gasteiger partial charge >= 0.3 is 0 Å². The Balaban J connectivity index is 1.51. The van der Waals surface area contributed by atoms with Gasteiger partial charge in [-0.05, 0) is 45.7 Å². The fourth-order valence-corrected chi connectivity index (χ4v) is 6.46. The molecule has 3 heterocycles. The van der Waals surface area contributed by atoms with E-state index in [0.717, 1.165) is 26.5 Å². The molecule has 1 aromatic carbocycles. The number of hydrogen-bond acceptors (Lipinski definition) is 11. The maximum atomic E-state index is 10.9. The molecule has 5 atom stereocenters. The van der Waals surface area contributed by atoms with Gasteiger partial charge in [-0.2, -0.15) is 4.98 Å². The molecule has 0 saturated heterocycles. The van der Waals surface area contributed by atoms with Crippen LogP contribution < -0.4 is 10.6 Å². The number of anilines is 2. The van der Waals surface area contributed by atoms with Gasteiger partial charge in [0.05, 0.1) is 45.5 Å². The number of aliphatic hydroxyl groups excluding tert-OH is 2. The van der Waals surface area contributed by atoms with Gasteiger partial charge in [0.15, 0.2) is 0 Å². The van der Waals surface area contributed by atoms with E-state index in [1.54, 1.807) is 27.2 Å². The number of pyridine rings is 1. The number of fused-ring (bicyclic) bond motifs is 1. The second-order valence-corrected chi connectivity index (χ2v) is 11.9. The average Bonchev–Trinajstić information content (AvgIpc) is 3.47. The van der Waals surface area contributed by atoms with Crippen molar-refractivity contribution in [3.8, 4) is 10.6 Å². The molecule has 212 valence electrons. The molecule has 1 aliphatic rings. The summed E-state index contributed by atoms with van der Waals surface area (Å²) in [6.07, 6.45) is -0.249. The van der Waals surface area contributed by atoms with Crippen LogP contribution >= 0.6 is 11.3 Å². The summed E-state index contributed by atoms with van der Waals surface area (Å²) in [7, 11) is 1.66. The van der Waals surface area contributed by atoms with Crippen molar-refractivity contribution in [1.82, 2.24) is 19.9 Å². The molecule has 11 heteroatoms. The summed E-state index contributed by atoms with van der Waals surface area (Å²) in [6.45, 7) is 7.56. The molecule has 10 nitrogen and oxygen atoms in total. The van der Waals surface area contributed by atoms with Gasteiger partial charge in [-0.3, -0.25) is 4.98 Å². The van der Waals surface area contributed by atoms with Crippen molar-refractivity contribution < 1.29 is 20.1 Å². The first-order valence-electron chi connectivity index (χ1n) is 13.3. The summed E-state index contributed by atoms with van der Waals surface area (Å²) in [4.78, 5) is 18.8. The fourth-order valence-electron chi connectivity index (χ4n) is 5.35. The Morgan fingerprint density at radius 3 is 2.45 bits per heavy atom. The summed E-state index contributed by atoms with van der Waals surface area (Å²) in [5.74, 6) is 0.377. The van der Waals surface area contributed by atoms with Crippen molar-refractivity contribution >= 4 is 33.3 Å². The molecule has 1 aliphatic carbocycles. The highest BCUT2D eigenvalue weighted by Gasteiger charge is 2.48. The van der Waals surface area contributed by atoms with Crippen LogP contribution in [0.25, 0.3) is 20.8 Å². The van der Waals surface area contributed by atoms with E-state index in [0.29, 0.717) is 36.0 Å². The van der Waals surface area contributed by atoms with Crippen molar-refractivity contribution in [2.45, 2.75) is 64.1 Å². The van der Waals surface area contributed by atoms with Crippen molar-refractivity contribution in [1.29, 1.82) is 0 Å². The first kappa shape index (κ1) is 28.3. The lowest BCUT2D eigenvalue weighted by atomic mass is 9.88. The Hall–Kier alpha value is -3.22. The van der Waals surface area contributed by atoms with Gasteiger partial charge in [0.2, 0.25) is 5.95 Å². The Bertz CT molecular complexity index is 1470. The number of thiazole rings is 1. The van der Waals surface area contributed by atoms with Gasteiger partial charge in [-0.15, -0.1) is 11.3 Å². The van der Waals surface area contributed by atoms with Crippen LogP contribution in [0.1, 0.15) is 43.3 Å². The van der Waals surface area contributed by atoms with E-state index in [9.17, 15) is 15.3 Å². The maximum Gasteiger partial charge on any atom is 0.225 e. The molecule has 40 heavy (non-hydrogen) atoms. The van der Waals surface area contributed by atoms with E-state index in [2.05, 4.69) is 15.6 Å². The molecule has 0 aliphatic heterocycles. The van der Waals surface area contributed by atoms with E-state index in [4.69, 9.17) is 19.7 Å². The average molecular weight is 565 g/mol. The van der Waals surface area contributed by atoms with Gasteiger partial charge in [0, 0.05) is 25.8 Å². The SMILES string of the molecule is CO[C@@H](CNc1nc(C)c(-c2nc3c(C)nccc3s2)c(N[C@@H]2C[C@H](C(C)(C)O)[C@@H](O)[C@H]2O)n1)c1ccccc1. The molecule has 5 N–H and O–H groups in total. The second-order valence-electron chi connectivity index (χ2n) is 10.9. The molecule has 0 radical (unpaired) electrons. The van der Waals surface area contributed by atoms with Crippen molar-refractivity contribution in [2.24, 2.45) is 5.92 Å². The number of aliphatic hydroxyl groups is 3. The number of hydrogen-bond donors (Lipinski definition) is 5. The molecular weight excluding hydrogens is 528 g/mol. The first-order chi connectivity index (χ1) is 19.1. The topological polar surface area (TPSA) is 146 Å². The van der Waals surface area contributed by atoms with Crippen LogP contribution in [0.4, 0.5) is 11.8 Å². The zero-order chi connectivity index (χ0) is 28.6. The van der Waals surface area contributed by atoms with E-state index in [1.165, 1.54) is 11.3 Å². The number of methoxy groups -OCH3 is 1. The zero-order valence-corrected chi connectivity index (χ0v) is 24.1. The normalized spacial score (nSPS) is 22.0. The minimum absolute atomic E-state index is 0.208. The third kappa shape index (κ3) is 5.65. The van der Waals surface area contributed by atoms with Crippen LogP contribution in [0.2, 0.25) is 0 Å². The van der Waals surface area contributed by atoms with Crippen LogP contribution in [0.3, 0.4) is 0 Å². The van der Waals surface area contributed by atoms with Gasteiger partial charge in [-0.1, -0.05) is 30.3 Å². The highest BCUT2D eigenvalue weighted by Crippen LogP contribution is 2.40. The fraction of sp³-hybridized carbons (Fsp3) is 0.448. The zero-order valence-electron chi connectivity index (χ0n) is 23.3. The molecule has 0 spiro atoms. The third-order valence-corrected chi connectivity index (χ3v) is 8.65. The van der Waals surface area contributed by atoms with Gasteiger partial charge in [-0.25, -0.2) is 9.97 Å². The molecule has 0 unspecified atom stereocenters. The number of aromatic nitrogens is 4. The molecule has 1 saturated carbocycles. The lowest BCUT2D eigenvalue weighted by Gasteiger charge is -2.28. The lowest BCUT2D eigenvalue weighted by molar-refractivity contribution is -0.0601. The number of aryl methyl sites for hydroxylation is 2. The molecule has 0 amide bonds. The molecular formula is C29H36N6O4S. The highest BCUT2D eigenvalue weighted by molar-refractivity contribution is 7.21. The van der Waals surface area contributed by atoms with Crippen LogP contribution in [0.15, 0.2) is 42.6 Å². The number of ether oxygens (including phenoxy) is 1. The second kappa shape index (κ2) is 11.3. The van der Waals surface area contributed by atoms with Crippen molar-refractivity contribution in [3.05, 3.63) is 59.5 Å². The van der Waals surface area contributed by atoms with Crippen LogP contribution in [0, 0.1) is 19.8 Å². The van der Waals surface area contributed by atoms with Gasteiger partial charge in [0.1, 0.15) is 22.4 Å². The van der Waals surface area contributed by atoms with E-state index >= 15 is 0 Å². The number of nitrogens with zero attached hydrogens (tertiary/aromatic N) is 4. The summed E-state index contributed by atoms with van der Waals surface area (Å²) >= 11 is 1.52. The summed E-state index contributed by atoms with van der Waals surface area (Å²) in [6, 6.07) is 11.3. The number of rotatable bonds is 9. The predicted molar refractivity (Wildman–Crippen MR) is 156 cm³/mol. The van der Waals surface area contributed by atoms with Gasteiger partial charge < -0.3 is 30.7 Å². The Morgan fingerprint density at radius 2 is 1.80 bits per heavy atom. The number of benzene rings is 1. The minimum atomic E-state index is -1.15. The molecule has 4 aromatic rings.